The summed E-state index contributed by atoms with van der Waals surface area (Å²) in [6.07, 6.45) is 0. The molecular weight excluding hydrogens is 528 g/mol. The maximum absolute atomic E-state index is 14.1. The number of benzene rings is 5. The molecule has 0 fully saturated rings. The van der Waals surface area contributed by atoms with Crippen LogP contribution >= 0.6 is 0 Å². The zero-order valence-electron chi connectivity index (χ0n) is 21.7. The highest BCUT2D eigenvalue weighted by atomic mass is 16.1. The van der Waals surface area contributed by atoms with Gasteiger partial charge in [-0.3, -0.25) is 19.2 Å². The van der Waals surface area contributed by atoms with Crippen LogP contribution in [0.2, 0.25) is 0 Å². The highest BCUT2D eigenvalue weighted by Gasteiger charge is 2.16. The molecule has 0 aliphatic heterocycles. The maximum atomic E-state index is 14.1. The molecule has 0 saturated heterocycles. The van der Waals surface area contributed by atoms with Crippen molar-refractivity contribution < 1.29 is 0 Å². The van der Waals surface area contributed by atoms with Crippen LogP contribution in [-0.2, 0) is 0 Å². The molecule has 0 aliphatic rings. The minimum absolute atomic E-state index is 0.119. The highest BCUT2D eigenvalue weighted by molar-refractivity contribution is 6.12. The molecule has 0 amide bonds. The Balaban J connectivity index is 1.41. The number of rotatable bonds is 0. The van der Waals surface area contributed by atoms with Gasteiger partial charge in [-0.1, -0.05) is 24.3 Å². The average molecular weight is 547 g/mol. The van der Waals surface area contributed by atoms with Gasteiger partial charge in [0.25, 0.3) is 0 Å². The molecule has 4 heterocycles. The second-order valence-electron chi connectivity index (χ2n) is 10.7. The molecule has 42 heavy (non-hydrogen) atoms. The Morgan fingerprint density at radius 3 is 1.31 bits per heavy atom. The van der Waals surface area contributed by atoms with Gasteiger partial charge in [-0.15, -0.1) is 0 Å². The van der Waals surface area contributed by atoms with Crippen molar-refractivity contribution in [3.05, 3.63) is 126 Å². The fraction of sp³-hybridized carbons (Fsp3) is 0. The van der Waals surface area contributed by atoms with Crippen LogP contribution in [0.25, 0.3) is 87.2 Å². The number of hydrogen-bond donors (Lipinski definition) is 4. The van der Waals surface area contributed by atoms with E-state index < -0.39 is 0 Å². The van der Waals surface area contributed by atoms with Gasteiger partial charge in [0.1, 0.15) is 0 Å². The molecule has 4 aromatic heterocycles. The third-order valence-electron chi connectivity index (χ3n) is 8.38. The molecule has 8 heteroatoms. The van der Waals surface area contributed by atoms with Crippen molar-refractivity contribution in [2.24, 2.45) is 0 Å². The van der Waals surface area contributed by atoms with Crippen LogP contribution in [-0.4, -0.2) is 19.9 Å². The predicted octanol–water partition coefficient (Wildman–Crippen LogP) is 5.67. The number of fused-ring (bicyclic) bond motifs is 9. The molecule has 0 unspecified atom stereocenters. The van der Waals surface area contributed by atoms with Crippen LogP contribution < -0.4 is 21.7 Å². The first-order valence-corrected chi connectivity index (χ1v) is 13.4. The monoisotopic (exact) mass is 546 g/mol. The van der Waals surface area contributed by atoms with Gasteiger partial charge >= 0.3 is 0 Å². The van der Waals surface area contributed by atoms with Crippen molar-refractivity contribution in [2.75, 3.05) is 0 Å². The molecule has 0 spiro atoms. The number of H-pyrrole nitrogens is 4. The van der Waals surface area contributed by atoms with Crippen molar-refractivity contribution >= 4 is 87.2 Å². The second kappa shape index (κ2) is 7.80. The van der Waals surface area contributed by atoms with Gasteiger partial charge in [0.15, 0.2) is 21.7 Å². The predicted molar refractivity (Wildman–Crippen MR) is 169 cm³/mol. The molecule has 5 aromatic carbocycles. The number of hydrogen-bond acceptors (Lipinski definition) is 4. The van der Waals surface area contributed by atoms with Crippen molar-refractivity contribution in [2.45, 2.75) is 0 Å². The highest BCUT2D eigenvalue weighted by Crippen LogP contribution is 2.27. The zero-order valence-corrected chi connectivity index (χ0v) is 21.7. The SMILES string of the molecule is O=c1c2ccccc2[nH]c2cc3c(=O)c4ccc5[nH]c6cc7c(=O)c8ccccc8[nH]c7cc6c(=O)c5c4[nH]c3cc12. The second-order valence-corrected chi connectivity index (χ2v) is 10.7. The smallest absolute Gasteiger partial charge is 0.199 e. The van der Waals surface area contributed by atoms with E-state index in [2.05, 4.69) is 19.9 Å². The van der Waals surface area contributed by atoms with Crippen LogP contribution in [0.4, 0.5) is 0 Å². The Labute approximate surface area is 232 Å². The van der Waals surface area contributed by atoms with Gasteiger partial charge in [0, 0.05) is 48.7 Å². The fourth-order valence-corrected chi connectivity index (χ4v) is 6.35. The summed E-state index contributed by atoms with van der Waals surface area (Å²) in [5.74, 6) is 0. The van der Waals surface area contributed by atoms with Gasteiger partial charge in [-0.2, -0.15) is 0 Å². The standard InChI is InChI=1S/C34H18N4O4/c39-31-15-5-1-4-8-23(15)36-26-14-21-27(11-18(26)31)37-24-10-9-17-30(29(24)34(21)42)38-28-13-19-25(12-20(28)33(17)41)35-22-7-3-2-6-16(22)32(19)40/h1-14H,(H,35,40)(H,36,39)(H,37,42)(H,38,41). The molecule has 4 N–H and O–H groups in total. The number of aromatic nitrogens is 4. The Hall–Kier alpha value is -6.02. The molecule has 0 bridgehead atoms. The normalized spacial score (nSPS) is 12.2. The Kier molecular flexibility index (Phi) is 4.22. The van der Waals surface area contributed by atoms with E-state index in [1.165, 1.54) is 0 Å². The van der Waals surface area contributed by atoms with Crippen LogP contribution in [0, 0.1) is 0 Å². The molecule has 0 atom stereocenters. The van der Waals surface area contributed by atoms with Crippen LogP contribution in [0.5, 0.6) is 0 Å². The molecular formula is C34H18N4O4. The van der Waals surface area contributed by atoms with E-state index in [9.17, 15) is 19.2 Å². The van der Waals surface area contributed by atoms with Gasteiger partial charge in [-0.05, 0) is 60.7 Å². The zero-order chi connectivity index (χ0) is 28.3. The average Bonchev–Trinajstić information content (AvgIpc) is 3.00. The quantitative estimate of drug-likeness (QED) is 0.144. The first-order chi connectivity index (χ1) is 20.5. The van der Waals surface area contributed by atoms with Gasteiger partial charge < -0.3 is 19.9 Å². The summed E-state index contributed by atoms with van der Waals surface area (Å²) in [7, 11) is 0. The lowest BCUT2D eigenvalue weighted by atomic mass is 10.0. The molecule has 198 valence electrons. The molecule has 0 radical (unpaired) electrons. The fourth-order valence-electron chi connectivity index (χ4n) is 6.35. The van der Waals surface area contributed by atoms with Gasteiger partial charge in [0.05, 0.1) is 38.5 Å². The van der Waals surface area contributed by atoms with Gasteiger partial charge in [-0.25, -0.2) is 0 Å². The van der Waals surface area contributed by atoms with E-state index in [4.69, 9.17) is 0 Å². The third-order valence-corrected chi connectivity index (χ3v) is 8.38. The topological polar surface area (TPSA) is 131 Å². The van der Waals surface area contributed by atoms with Crippen molar-refractivity contribution in [3.8, 4) is 0 Å². The van der Waals surface area contributed by atoms with Crippen molar-refractivity contribution in [1.29, 1.82) is 0 Å². The molecule has 8 nitrogen and oxygen atoms in total. The lowest BCUT2D eigenvalue weighted by Crippen LogP contribution is -2.11. The van der Waals surface area contributed by atoms with Crippen molar-refractivity contribution in [3.63, 3.8) is 0 Å². The number of para-hydroxylation sites is 2. The van der Waals surface area contributed by atoms with E-state index >= 15 is 0 Å². The van der Waals surface area contributed by atoms with E-state index in [0.29, 0.717) is 87.2 Å². The van der Waals surface area contributed by atoms with Crippen LogP contribution in [0.15, 0.2) is 104 Å². The number of nitrogens with one attached hydrogen (secondary N) is 4. The minimum Gasteiger partial charge on any atom is -0.354 e. The molecule has 0 aliphatic carbocycles. The Bertz CT molecular complexity index is 2950. The van der Waals surface area contributed by atoms with Gasteiger partial charge in [0.2, 0.25) is 0 Å². The minimum atomic E-state index is -0.278. The first-order valence-electron chi connectivity index (χ1n) is 13.4. The number of aromatic amines is 4. The van der Waals surface area contributed by atoms with Crippen LogP contribution in [0.1, 0.15) is 0 Å². The summed E-state index contributed by atoms with van der Waals surface area (Å²) in [5, 5.41) is 3.53. The maximum Gasteiger partial charge on any atom is 0.199 e. The largest absolute Gasteiger partial charge is 0.354 e. The summed E-state index contributed by atoms with van der Waals surface area (Å²) in [5.41, 5.74) is 3.60. The van der Waals surface area contributed by atoms with E-state index in [1.54, 1.807) is 48.5 Å². The van der Waals surface area contributed by atoms with Crippen molar-refractivity contribution in [1.82, 2.24) is 19.9 Å². The molecule has 0 saturated carbocycles. The Morgan fingerprint density at radius 1 is 0.333 bits per heavy atom. The summed E-state index contributed by atoms with van der Waals surface area (Å²) in [6.45, 7) is 0. The van der Waals surface area contributed by atoms with Crippen LogP contribution in [0.3, 0.4) is 0 Å². The summed E-state index contributed by atoms with van der Waals surface area (Å²) >= 11 is 0. The third kappa shape index (κ3) is 2.90. The van der Waals surface area contributed by atoms with E-state index in [-0.39, 0.29) is 21.7 Å². The molecule has 9 aromatic rings. The summed E-state index contributed by atoms with van der Waals surface area (Å²) < 4.78 is 0. The Morgan fingerprint density at radius 2 is 0.762 bits per heavy atom. The molecule has 9 rings (SSSR count). The summed E-state index contributed by atoms with van der Waals surface area (Å²) in [4.78, 5) is 67.5. The lowest BCUT2D eigenvalue weighted by molar-refractivity contribution is 1.44. The lowest BCUT2D eigenvalue weighted by Gasteiger charge is -2.10. The summed E-state index contributed by atoms with van der Waals surface area (Å²) in [6, 6.07) is 24.7. The number of pyridine rings is 4. The van der Waals surface area contributed by atoms with E-state index in [0.717, 1.165) is 0 Å². The van der Waals surface area contributed by atoms with E-state index in [1.807, 2.05) is 36.4 Å². The first kappa shape index (κ1) is 22.8.